The highest BCUT2D eigenvalue weighted by atomic mass is 35.5. The first-order valence-corrected chi connectivity index (χ1v) is 9.38. The Morgan fingerprint density at radius 2 is 1.50 bits per heavy atom. The molecule has 2 rings (SSSR count). The van der Waals surface area contributed by atoms with Crippen LogP contribution in [0, 0.1) is 0 Å². The van der Waals surface area contributed by atoms with E-state index in [-0.39, 0.29) is 36.7 Å². The highest BCUT2D eigenvalue weighted by Crippen LogP contribution is 2.22. The summed E-state index contributed by atoms with van der Waals surface area (Å²) in [6, 6.07) is 13.7. The smallest absolute Gasteiger partial charge is 0.308 e. The first kappa shape index (κ1) is 21.6. The maximum atomic E-state index is 12.1. The molecule has 0 aliphatic carbocycles. The Morgan fingerprint density at radius 3 is 2.07 bits per heavy atom. The molecule has 6 heteroatoms. The van der Waals surface area contributed by atoms with Crippen LogP contribution in [0.5, 0.6) is 0 Å². The van der Waals surface area contributed by atoms with E-state index in [9.17, 15) is 14.4 Å². The van der Waals surface area contributed by atoms with Gasteiger partial charge < -0.3 is 10.1 Å². The first-order valence-electron chi connectivity index (χ1n) is 9.00. The maximum Gasteiger partial charge on any atom is 0.308 e. The Labute approximate surface area is 170 Å². The van der Waals surface area contributed by atoms with E-state index in [1.807, 2.05) is 12.1 Å². The molecule has 0 unspecified atom stereocenters. The van der Waals surface area contributed by atoms with E-state index in [0.717, 1.165) is 5.56 Å². The van der Waals surface area contributed by atoms with Gasteiger partial charge in [0, 0.05) is 22.7 Å². The molecule has 0 heterocycles. The van der Waals surface area contributed by atoms with Crippen LogP contribution in [-0.4, -0.2) is 30.8 Å². The second kappa shape index (κ2) is 9.51. The molecule has 0 spiro atoms. The Hall–Kier alpha value is -2.66. The van der Waals surface area contributed by atoms with Crippen LogP contribution in [-0.2, 0) is 14.9 Å². The quantitative estimate of drug-likeness (QED) is 0.558. The van der Waals surface area contributed by atoms with E-state index < -0.39 is 5.97 Å². The summed E-state index contributed by atoms with van der Waals surface area (Å²) in [4.78, 5) is 35.8. The summed E-state index contributed by atoms with van der Waals surface area (Å²) >= 11 is 5.77. The Balaban J connectivity index is 1.73. The summed E-state index contributed by atoms with van der Waals surface area (Å²) in [7, 11) is 0. The highest BCUT2D eigenvalue weighted by molar-refractivity contribution is 6.30. The van der Waals surface area contributed by atoms with Gasteiger partial charge in [-0.3, -0.25) is 14.4 Å². The van der Waals surface area contributed by atoms with Crippen LogP contribution in [0.2, 0.25) is 5.02 Å². The number of Topliss-reactive ketones (excluding diaryl/α,β-unsaturated/α-hetero) is 1. The van der Waals surface area contributed by atoms with Crippen LogP contribution >= 0.6 is 11.6 Å². The van der Waals surface area contributed by atoms with Crippen molar-refractivity contribution >= 4 is 29.3 Å². The van der Waals surface area contributed by atoms with Gasteiger partial charge in [-0.15, -0.1) is 0 Å². The van der Waals surface area contributed by atoms with Crippen molar-refractivity contribution < 1.29 is 19.1 Å². The molecule has 0 aromatic heterocycles. The largest absolute Gasteiger partial charge is 0.457 e. The number of rotatable bonds is 7. The molecule has 148 valence electrons. The van der Waals surface area contributed by atoms with Crippen LogP contribution in [0.3, 0.4) is 0 Å². The zero-order valence-electron chi connectivity index (χ0n) is 16.3. The van der Waals surface area contributed by atoms with Gasteiger partial charge in [-0.1, -0.05) is 44.5 Å². The number of halogens is 1. The molecule has 28 heavy (non-hydrogen) atoms. The van der Waals surface area contributed by atoms with Crippen molar-refractivity contribution in [1.29, 1.82) is 0 Å². The number of amides is 1. The van der Waals surface area contributed by atoms with Crippen molar-refractivity contribution in [2.75, 3.05) is 13.2 Å². The van der Waals surface area contributed by atoms with Gasteiger partial charge in [-0.05, 0) is 47.4 Å². The number of esters is 1. The van der Waals surface area contributed by atoms with Gasteiger partial charge in [-0.2, -0.15) is 0 Å². The molecular formula is C22H24ClNO4. The molecule has 0 aliphatic heterocycles. The van der Waals surface area contributed by atoms with E-state index in [1.165, 1.54) is 0 Å². The lowest BCUT2D eigenvalue weighted by molar-refractivity contribution is -0.142. The summed E-state index contributed by atoms with van der Waals surface area (Å²) in [6.07, 6.45) is -0.0142. The predicted molar refractivity (Wildman–Crippen MR) is 109 cm³/mol. The Morgan fingerprint density at radius 1 is 0.929 bits per heavy atom. The predicted octanol–water partition coefficient (Wildman–Crippen LogP) is 4.18. The van der Waals surface area contributed by atoms with Crippen molar-refractivity contribution in [3.8, 4) is 0 Å². The molecule has 0 radical (unpaired) electrons. The molecule has 2 aromatic carbocycles. The minimum absolute atomic E-state index is 0.0142. The molecule has 0 atom stereocenters. The maximum absolute atomic E-state index is 12.1. The zero-order chi connectivity index (χ0) is 20.7. The van der Waals surface area contributed by atoms with Gasteiger partial charge in [0.1, 0.15) is 0 Å². The van der Waals surface area contributed by atoms with Crippen molar-refractivity contribution in [2.45, 2.75) is 32.6 Å². The number of ketones is 1. The van der Waals surface area contributed by atoms with E-state index in [0.29, 0.717) is 16.1 Å². The Bertz CT molecular complexity index is 836. The Kier molecular flexibility index (Phi) is 7.35. The minimum atomic E-state index is -0.550. The molecule has 0 fully saturated rings. The lowest BCUT2D eigenvalue weighted by Gasteiger charge is -2.19. The lowest BCUT2D eigenvalue weighted by Crippen LogP contribution is -2.27. The summed E-state index contributed by atoms with van der Waals surface area (Å²) in [5.41, 5.74) is 2.10. The topological polar surface area (TPSA) is 72.5 Å². The lowest BCUT2D eigenvalue weighted by atomic mass is 9.87. The number of carbonyl (C=O) groups excluding carboxylic acids is 3. The number of nitrogens with one attached hydrogen (secondary N) is 1. The van der Waals surface area contributed by atoms with E-state index in [2.05, 4.69) is 26.1 Å². The van der Waals surface area contributed by atoms with Crippen LogP contribution in [0.4, 0.5) is 0 Å². The second-order valence-corrected chi connectivity index (χ2v) is 7.86. The molecule has 5 nitrogen and oxygen atoms in total. The van der Waals surface area contributed by atoms with E-state index in [1.54, 1.807) is 36.4 Å². The third-order valence-corrected chi connectivity index (χ3v) is 4.41. The normalized spacial score (nSPS) is 11.0. The van der Waals surface area contributed by atoms with E-state index in [4.69, 9.17) is 16.3 Å². The summed E-state index contributed by atoms with van der Waals surface area (Å²) in [5.74, 6) is -1.12. The third-order valence-electron chi connectivity index (χ3n) is 4.16. The standard InChI is InChI=1S/C22H24ClNO4/c1-22(2,3)17-8-4-16(5-9-17)21(27)24-13-12-20(26)28-14-19(25)15-6-10-18(23)11-7-15/h4-11H,12-14H2,1-3H3,(H,24,27). The SMILES string of the molecule is CC(C)(C)c1ccc(C(=O)NCCC(=O)OCC(=O)c2ccc(Cl)cc2)cc1. The van der Waals surface area contributed by atoms with Crippen molar-refractivity contribution in [1.82, 2.24) is 5.32 Å². The molecule has 2 aromatic rings. The molecule has 1 amide bonds. The highest BCUT2D eigenvalue weighted by Gasteiger charge is 2.15. The fourth-order valence-corrected chi connectivity index (χ4v) is 2.57. The fraction of sp³-hybridized carbons (Fsp3) is 0.318. The summed E-state index contributed by atoms with van der Waals surface area (Å²) in [6.45, 7) is 6.10. The number of carbonyl (C=O) groups is 3. The monoisotopic (exact) mass is 401 g/mol. The zero-order valence-corrected chi connectivity index (χ0v) is 17.0. The molecule has 0 aliphatic rings. The average molecular weight is 402 g/mol. The van der Waals surface area contributed by atoms with Gasteiger partial charge >= 0.3 is 5.97 Å². The van der Waals surface area contributed by atoms with Crippen molar-refractivity contribution in [2.24, 2.45) is 0 Å². The summed E-state index contributed by atoms with van der Waals surface area (Å²) < 4.78 is 4.96. The summed E-state index contributed by atoms with van der Waals surface area (Å²) in [5, 5.41) is 3.20. The molecule has 1 N–H and O–H groups in total. The molecule has 0 bridgehead atoms. The average Bonchev–Trinajstić information content (AvgIpc) is 2.66. The van der Waals surface area contributed by atoms with Gasteiger partial charge in [0.2, 0.25) is 0 Å². The van der Waals surface area contributed by atoms with Crippen LogP contribution < -0.4 is 5.32 Å². The molecule has 0 saturated heterocycles. The number of ether oxygens (including phenoxy) is 1. The van der Waals surface area contributed by atoms with Gasteiger partial charge in [0.05, 0.1) is 6.42 Å². The fourth-order valence-electron chi connectivity index (χ4n) is 2.44. The first-order chi connectivity index (χ1) is 13.2. The third kappa shape index (κ3) is 6.50. The van der Waals surface area contributed by atoms with Crippen LogP contribution in [0.15, 0.2) is 48.5 Å². The van der Waals surface area contributed by atoms with Gasteiger partial charge in [-0.25, -0.2) is 0 Å². The van der Waals surface area contributed by atoms with Crippen LogP contribution in [0.1, 0.15) is 53.5 Å². The number of hydrogen-bond acceptors (Lipinski definition) is 4. The van der Waals surface area contributed by atoms with Gasteiger partial charge in [0.25, 0.3) is 5.91 Å². The van der Waals surface area contributed by atoms with Crippen molar-refractivity contribution in [3.05, 3.63) is 70.2 Å². The van der Waals surface area contributed by atoms with Crippen LogP contribution in [0.25, 0.3) is 0 Å². The van der Waals surface area contributed by atoms with E-state index >= 15 is 0 Å². The second-order valence-electron chi connectivity index (χ2n) is 7.42. The van der Waals surface area contributed by atoms with Gasteiger partial charge in [0.15, 0.2) is 12.4 Å². The number of hydrogen-bond donors (Lipinski definition) is 1. The minimum Gasteiger partial charge on any atom is -0.457 e. The molecular weight excluding hydrogens is 378 g/mol. The van der Waals surface area contributed by atoms with Crippen molar-refractivity contribution in [3.63, 3.8) is 0 Å². The molecule has 0 saturated carbocycles. The number of benzene rings is 2.